The van der Waals surface area contributed by atoms with E-state index in [9.17, 15) is 4.79 Å². The summed E-state index contributed by atoms with van der Waals surface area (Å²) in [4.78, 5) is 16.1. The summed E-state index contributed by atoms with van der Waals surface area (Å²) in [7, 11) is 0. The fourth-order valence-corrected chi connectivity index (χ4v) is 2.63. The molecule has 0 atom stereocenters. The van der Waals surface area contributed by atoms with Gasteiger partial charge in [-0.2, -0.15) is 5.10 Å². The summed E-state index contributed by atoms with van der Waals surface area (Å²) in [6.45, 7) is 0.657. The molecule has 0 aromatic carbocycles. The van der Waals surface area contributed by atoms with Crippen LogP contribution in [0.25, 0.3) is 0 Å². The Morgan fingerprint density at radius 2 is 2.42 bits per heavy atom. The number of carbonyl (C=O) groups is 1. The van der Waals surface area contributed by atoms with E-state index >= 15 is 0 Å². The first-order valence-electron chi connectivity index (χ1n) is 6.55. The number of nitrogens with one attached hydrogen (secondary N) is 2. The van der Waals surface area contributed by atoms with Crippen molar-refractivity contribution in [3.63, 3.8) is 0 Å². The van der Waals surface area contributed by atoms with Gasteiger partial charge in [0, 0.05) is 36.2 Å². The van der Waals surface area contributed by atoms with E-state index in [-0.39, 0.29) is 5.91 Å². The Morgan fingerprint density at radius 1 is 1.53 bits per heavy atom. The molecule has 5 nitrogen and oxygen atoms in total. The van der Waals surface area contributed by atoms with Crippen molar-refractivity contribution in [2.24, 2.45) is 0 Å². The smallest absolute Gasteiger partial charge is 0.271 e. The number of aromatic nitrogens is 3. The first-order chi connectivity index (χ1) is 9.33. The molecule has 1 aliphatic carbocycles. The van der Waals surface area contributed by atoms with Crippen molar-refractivity contribution in [1.29, 1.82) is 0 Å². The second kappa shape index (κ2) is 5.52. The Kier molecular flexibility index (Phi) is 3.59. The quantitative estimate of drug-likeness (QED) is 0.794. The molecule has 1 saturated carbocycles. The van der Waals surface area contributed by atoms with Crippen molar-refractivity contribution >= 4 is 17.2 Å². The van der Waals surface area contributed by atoms with E-state index < -0.39 is 0 Å². The number of aromatic amines is 1. The van der Waals surface area contributed by atoms with E-state index in [1.165, 1.54) is 12.8 Å². The number of hydrogen-bond acceptors (Lipinski definition) is 4. The second-order valence-electron chi connectivity index (χ2n) is 4.77. The summed E-state index contributed by atoms with van der Waals surface area (Å²) < 4.78 is 0. The predicted octanol–water partition coefficient (Wildman–Crippen LogP) is 2.11. The fraction of sp³-hybridized carbons (Fsp3) is 0.462. The van der Waals surface area contributed by atoms with Crippen molar-refractivity contribution < 1.29 is 4.79 Å². The maximum Gasteiger partial charge on any atom is 0.271 e. The second-order valence-corrected chi connectivity index (χ2v) is 5.75. The summed E-state index contributed by atoms with van der Waals surface area (Å²) in [5.74, 6) is 0.501. The minimum atomic E-state index is -0.0951. The Morgan fingerprint density at radius 3 is 3.16 bits per heavy atom. The highest BCUT2D eigenvalue weighted by Gasteiger charge is 2.26. The molecule has 19 heavy (non-hydrogen) atoms. The zero-order valence-electron chi connectivity index (χ0n) is 10.6. The molecule has 2 aromatic heterocycles. The number of thiazole rings is 1. The SMILES string of the molecule is O=C(NCCCc1nccs1)c1cc(C2CC2)[nH]n1. The highest BCUT2D eigenvalue weighted by atomic mass is 32.1. The largest absolute Gasteiger partial charge is 0.351 e. The lowest BCUT2D eigenvalue weighted by Crippen LogP contribution is -2.25. The zero-order valence-corrected chi connectivity index (χ0v) is 11.4. The van der Waals surface area contributed by atoms with Gasteiger partial charge in [0.2, 0.25) is 0 Å². The van der Waals surface area contributed by atoms with Crippen LogP contribution in [0.15, 0.2) is 17.6 Å². The number of H-pyrrole nitrogens is 1. The molecule has 0 aliphatic heterocycles. The van der Waals surface area contributed by atoms with Gasteiger partial charge in [-0.15, -0.1) is 11.3 Å². The van der Waals surface area contributed by atoms with Crippen LogP contribution in [0.2, 0.25) is 0 Å². The van der Waals surface area contributed by atoms with Crippen molar-refractivity contribution in [2.75, 3.05) is 6.54 Å². The third kappa shape index (κ3) is 3.20. The van der Waals surface area contributed by atoms with Crippen molar-refractivity contribution in [3.8, 4) is 0 Å². The van der Waals surface area contributed by atoms with Crippen LogP contribution in [0.3, 0.4) is 0 Å². The van der Waals surface area contributed by atoms with Gasteiger partial charge in [0.05, 0.1) is 5.01 Å². The number of rotatable bonds is 6. The normalized spacial score (nSPS) is 14.5. The van der Waals surface area contributed by atoms with Crippen molar-refractivity contribution in [3.05, 3.63) is 34.0 Å². The van der Waals surface area contributed by atoms with Gasteiger partial charge in [-0.05, 0) is 25.3 Å². The van der Waals surface area contributed by atoms with Gasteiger partial charge in [0.15, 0.2) is 0 Å². The summed E-state index contributed by atoms with van der Waals surface area (Å²) in [6.07, 6.45) is 6.03. The van der Waals surface area contributed by atoms with Crippen LogP contribution in [-0.4, -0.2) is 27.6 Å². The average Bonchev–Trinajstić information content (AvgIpc) is 2.95. The molecular weight excluding hydrogens is 260 g/mol. The van der Waals surface area contributed by atoms with Crippen LogP contribution in [0, 0.1) is 0 Å². The molecule has 0 saturated heterocycles. The summed E-state index contributed by atoms with van der Waals surface area (Å²) in [6, 6.07) is 1.87. The van der Waals surface area contributed by atoms with Gasteiger partial charge in [-0.3, -0.25) is 9.89 Å². The first kappa shape index (κ1) is 12.3. The van der Waals surface area contributed by atoms with Crippen LogP contribution >= 0.6 is 11.3 Å². The summed E-state index contributed by atoms with van der Waals surface area (Å²) in [5, 5.41) is 13.0. The van der Waals surface area contributed by atoms with Gasteiger partial charge in [0.25, 0.3) is 5.91 Å². The molecule has 2 heterocycles. The van der Waals surface area contributed by atoms with E-state index in [0.29, 0.717) is 18.2 Å². The molecule has 2 aromatic rings. The summed E-state index contributed by atoms with van der Waals surface area (Å²) in [5.41, 5.74) is 1.59. The number of carbonyl (C=O) groups excluding carboxylic acids is 1. The third-order valence-corrected chi connectivity index (χ3v) is 4.02. The molecule has 6 heteroatoms. The molecule has 1 amide bonds. The molecule has 0 unspecified atom stereocenters. The van der Waals surface area contributed by atoms with E-state index in [1.807, 2.05) is 17.6 Å². The monoisotopic (exact) mass is 276 g/mol. The maximum absolute atomic E-state index is 11.9. The molecule has 1 fully saturated rings. The topological polar surface area (TPSA) is 70.7 Å². The van der Waals surface area contributed by atoms with Crippen LogP contribution in [0.5, 0.6) is 0 Å². The van der Waals surface area contributed by atoms with E-state index in [0.717, 1.165) is 23.5 Å². The zero-order chi connectivity index (χ0) is 13.1. The van der Waals surface area contributed by atoms with Crippen molar-refractivity contribution in [1.82, 2.24) is 20.5 Å². The maximum atomic E-state index is 11.9. The van der Waals surface area contributed by atoms with E-state index in [4.69, 9.17) is 0 Å². The Bertz CT molecular complexity index is 545. The highest BCUT2D eigenvalue weighted by molar-refractivity contribution is 7.09. The highest BCUT2D eigenvalue weighted by Crippen LogP contribution is 2.38. The van der Waals surface area contributed by atoms with Gasteiger partial charge in [-0.25, -0.2) is 4.98 Å². The fourth-order valence-electron chi connectivity index (χ4n) is 1.96. The van der Waals surface area contributed by atoms with Gasteiger partial charge < -0.3 is 5.32 Å². The predicted molar refractivity (Wildman–Crippen MR) is 73.3 cm³/mol. The minimum Gasteiger partial charge on any atom is -0.351 e. The lowest BCUT2D eigenvalue weighted by atomic mass is 10.2. The molecule has 100 valence electrons. The van der Waals surface area contributed by atoms with Gasteiger partial charge >= 0.3 is 0 Å². The van der Waals surface area contributed by atoms with E-state index in [1.54, 1.807) is 11.3 Å². The molecule has 0 radical (unpaired) electrons. The molecule has 3 rings (SSSR count). The number of hydrogen-bond donors (Lipinski definition) is 2. The molecule has 1 aliphatic rings. The van der Waals surface area contributed by atoms with E-state index in [2.05, 4.69) is 20.5 Å². The van der Waals surface area contributed by atoms with Gasteiger partial charge in [0.1, 0.15) is 5.69 Å². The molecular formula is C13H16N4OS. The molecule has 0 spiro atoms. The third-order valence-electron chi connectivity index (χ3n) is 3.18. The Balaban J connectivity index is 1.42. The number of nitrogens with zero attached hydrogens (tertiary/aromatic N) is 2. The van der Waals surface area contributed by atoms with Gasteiger partial charge in [-0.1, -0.05) is 0 Å². The standard InChI is InChI=1S/C13H16N4OS/c18-13(11-8-10(16-17-11)9-3-4-9)15-5-1-2-12-14-6-7-19-12/h6-9H,1-5H2,(H,15,18)(H,16,17). The Hall–Kier alpha value is -1.69. The van der Waals surface area contributed by atoms with Crippen LogP contribution < -0.4 is 5.32 Å². The minimum absolute atomic E-state index is 0.0951. The number of amides is 1. The lowest BCUT2D eigenvalue weighted by Gasteiger charge is -2.01. The summed E-state index contributed by atoms with van der Waals surface area (Å²) >= 11 is 1.65. The van der Waals surface area contributed by atoms with Crippen LogP contribution in [0.1, 0.15) is 46.4 Å². The first-order valence-corrected chi connectivity index (χ1v) is 7.43. The molecule has 2 N–H and O–H groups in total. The number of aryl methyl sites for hydroxylation is 1. The lowest BCUT2D eigenvalue weighted by molar-refractivity contribution is 0.0948. The average molecular weight is 276 g/mol. The Labute approximate surface area is 115 Å². The van der Waals surface area contributed by atoms with Crippen molar-refractivity contribution in [2.45, 2.75) is 31.6 Å². The van der Waals surface area contributed by atoms with Crippen LogP contribution in [0.4, 0.5) is 0 Å². The molecule has 0 bridgehead atoms. The van der Waals surface area contributed by atoms with Crippen LogP contribution in [-0.2, 0) is 6.42 Å².